The number of nitrogens with one attached hydrogen (secondary N) is 1. The van der Waals surface area contributed by atoms with Crippen LogP contribution in [0.2, 0.25) is 0 Å². The zero-order valence-electron chi connectivity index (χ0n) is 13.2. The molecule has 0 aliphatic carbocycles. The fourth-order valence-corrected chi connectivity index (χ4v) is 2.49. The van der Waals surface area contributed by atoms with Crippen LogP contribution in [0, 0.1) is 12.7 Å². The number of amides is 1. The third-order valence-electron chi connectivity index (χ3n) is 3.87. The Labute approximate surface area is 139 Å². The molecule has 3 aromatic rings. The minimum Gasteiger partial charge on any atom is -0.397 e. The molecule has 0 heterocycles. The van der Waals surface area contributed by atoms with E-state index in [2.05, 4.69) is 5.32 Å². The van der Waals surface area contributed by atoms with Crippen molar-refractivity contribution < 1.29 is 9.18 Å². The summed E-state index contributed by atoms with van der Waals surface area (Å²) < 4.78 is 13.1. The minimum absolute atomic E-state index is 0.227. The van der Waals surface area contributed by atoms with Crippen molar-refractivity contribution >= 4 is 17.3 Å². The van der Waals surface area contributed by atoms with E-state index in [9.17, 15) is 9.18 Å². The van der Waals surface area contributed by atoms with E-state index in [1.807, 2.05) is 31.2 Å². The maximum atomic E-state index is 13.1. The summed E-state index contributed by atoms with van der Waals surface area (Å²) in [5.74, 6) is -0.516. The molecule has 24 heavy (non-hydrogen) atoms. The number of rotatable bonds is 3. The van der Waals surface area contributed by atoms with Gasteiger partial charge in [-0.1, -0.05) is 36.4 Å². The molecule has 4 heteroatoms. The van der Waals surface area contributed by atoms with Crippen molar-refractivity contribution in [1.29, 1.82) is 0 Å². The van der Waals surface area contributed by atoms with Crippen LogP contribution in [0.4, 0.5) is 15.8 Å². The average molecular weight is 320 g/mol. The molecule has 3 nitrogen and oxygen atoms in total. The number of anilines is 2. The predicted molar refractivity (Wildman–Crippen MR) is 95.4 cm³/mol. The van der Waals surface area contributed by atoms with Gasteiger partial charge in [0.25, 0.3) is 5.91 Å². The Morgan fingerprint density at radius 2 is 1.62 bits per heavy atom. The maximum absolute atomic E-state index is 13.1. The third kappa shape index (κ3) is 3.27. The summed E-state index contributed by atoms with van der Waals surface area (Å²) in [6, 6.07) is 18.9. The molecular formula is C20H17FN2O. The fourth-order valence-electron chi connectivity index (χ4n) is 2.49. The van der Waals surface area contributed by atoms with Gasteiger partial charge in [0, 0.05) is 5.56 Å². The van der Waals surface area contributed by atoms with Crippen LogP contribution in [0.15, 0.2) is 66.7 Å². The van der Waals surface area contributed by atoms with Crippen molar-refractivity contribution in [1.82, 2.24) is 0 Å². The van der Waals surface area contributed by atoms with Gasteiger partial charge in [-0.2, -0.15) is 0 Å². The Kier molecular flexibility index (Phi) is 4.29. The zero-order valence-corrected chi connectivity index (χ0v) is 13.2. The molecule has 3 N–H and O–H groups in total. The molecule has 0 atom stereocenters. The highest BCUT2D eigenvalue weighted by molar-refractivity contribution is 6.07. The van der Waals surface area contributed by atoms with E-state index in [1.54, 1.807) is 30.3 Å². The highest BCUT2D eigenvalue weighted by Crippen LogP contribution is 2.24. The molecular weight excluding hydrogens is 303 g/mol. The lowest BCUT2D eigenvalue weighted by Crippen LogP contribution is -2.14. The molecule has 0 radical (unpaired) electrons. The number of hydrogen-bond acceptors (Lipinski definition) is 2. The van der Waals surface area contributed by atoms with Gasteiger partial charge in [0.1, 0.15) is 5.82 Å². The number of halogens is 1. The summed E-state index contributed by atoms with van der Waals surface area (Å²) in [6.07, 6.45) is 0. The number of hydrogen-bond donors (Lipinski definition) is 2. The van der Waals surface area contributed by atoms with E-state index in [4.69, 9.17) is 5.73 Å². The van der Waals surface area contributed by atoms with Crippen LogP contribution in [0.3, 0.4) is 0 Å². The number of carbonyl (C=O) groups excluding carboxylic acids is 1. The van der Waals surface area contributed by atoms with Gasteiger partial charge in [-0.25, -0.2) is 4.39 Å². The van der Waals surface area contributed by atoms with Crippen LogP contribution in [0.1, 0.15) is 15.9 Å². The topological polar surface area (TPSA) is 55.1 Å². The fraction of sp³-hybridized carbons (Fsp3) is 0.0500. The van der Waals surface area contributed by atoms with E-state index < -0.39 is 0 Å². The first kappa shape index (κ1) is 15.7. The molecule has 0 saturated heterocycles. The van der Waals surface area contributed by atoms with Crippen LogP contribution in [0.25, 0.3) is 11.1 Å². The lowest BCUT2D eigenvalue weighted by molar-refractivity contribution is 0.102. The van der Waals surface area contributed by atoms with E-state index in [1.165, 1.54) is 12.1 Å². The molecule has 0 bridgehead atoms. The highest BCUT2D eigenvalue weighted by Gasteiger charge is 2.12. The molecule has 0 fully saturated rings. The van der Waals surface area contributed by atoms with Gasteiger partial charge < -0.3 is 11.1 Å². The minimum atomic E-state index is -0.289. The smallest absolute Gasteiger partial charge is 0.256 e. The summed E-state index contributed by atoms with van der Waals surface area (Å²) in [6.45, 7) is 1.87. The second-order valence-corrected chi connectivity index (χ2v) is 5.58. The predicted octanol–water partition coefficient (Wildman–Crippen LogP) is 4.64. The zero-order chi connectivity index (χ0) is 17.1. The first-order chi connectivity index (χ1) is 11.5. The van der Waals surface area contributed by atoms with Crippen molar-refractivity contribution in [3.05, 3.63) is 83.7 Å². The Morgan fingerprint density at radius 1 is 0.958 bits per heavy atom. The monoisotopic (exact) mass is 320 g/mol. The van der Waals surface area contributed by atoms with Crippen LogP contribution in [-0.4, -0.2) is 5.91 Å². The molecule has 120 valence electrons. The summed E-state index contributed by atoms with van der Waals surface area (Å²) in [7, 11) is 0. The first-order valence-electron chi connectivity index (χ1n) is 7.57. The number of nitrogen functional groups attached to an aromatic ring is 1. The van der Waals surface area contributed by atoms with Gasteiger partial charge in [-0.3, -0.25) is 4.79 Å². The second kappa shape index (κ2) is 6.54. The Hall–Kier alpha value is -3.14. The average Bonchev–Trinajstić information content (AvgIpc) is 2.58. The normalized spacial score (nSPS) is 10.4. The number of aryl methyl sites for hydroxylation is 1. The van der Waals surface area contributed by atoms with Gasteiger partial charge in [0.2, 0.25) is 0 Å². The molecule has 3 rings (SSSR count). The summed E-state index contributed by atoms with van der Waals surface area (Å²) in [5.41, 5.74) is 10.1. The molecule has 0 aliphatic rings. The Bertz CT molecular complexity index is 888. The van der Waals surface area contributed by atoms with Crippen LogP contribution in [0.5, 0.6) is 0 Å². The van der Waals surface area contributed by atoms with E-state index in [0.29, 0.717) is 16.9 Å². The van der Waals surface area contributed by atoms with Gasteiger partial charge in [0.05, 0.1) is 11.4 Å². The first-order valence-corrected chi connectivity index (χ1v) is 7.57. The number of para-hydroxylation sites is 2. The van der Waals surface area contributed by atoms with Crippen molar-refractivity contribution in [2.75, 3.05) is 11.1 Å². The van der Waals surface area contributed by atoms with Crippen molar-refractivity contribution in [2.24, 2.45) is 0 Å². The Balaban J connectivity index is 1.92. The van der Waals surface area contributed by atoms with Crippen LogP contribution >= 0.6 is 0 Å². The summed E-state index contributed by atoms with van der Waals surface area (Å²) in [5, 5.41) is 2.83. The molecule has 0 aliphatic heterocycles. The quantitative estimate of drug-likeness (QED) is 0.691. The van der Waals surface area contributed by atoms with E-state index in [-0.39, 0.29) is 11.7 Å². The third-order valence-corrected chi connectivity index (χ3v) is 3.87. The molecule has 1 amide bonds. The van der Waals surface area contributed by atoms with Gasteiger partial charge in [0.15, 0.2) is 0 Å². The van der Waals surface area contributed by atoms with Crippen molar-refractivity contribution in [2.45, 2.75) is 6.92 Å². The Morgan fingerprint density at radius 3 is 2.33 bits per heavy atom. The van der Waals surface area contributed by atoms with Crippen molar-refractivity contribution in [3.63, 3.8) is 0 Å². The number of benzene rings is 3. The number of nitrogens with two attached hydrogens (primary N) is 1. The van der Waals surface area contributed by atoms with Gasteiger partial charge in [-0.05, 0) is 53.9 Å². The van der Waals surface area contributed by atoms with E-state index in [0.717, 1.165) is 16.7 Å². The van der Waals surface area contributed by atoms with Gasteiger partial charge in [-0.15, -0.1) is 0 Å². The largest absolute Gasteiger partial charge is 0.397 e. The molecule has 3 aromatic carbocycles. The highest BCUT2D eigenvalue weighted by atomic mass is 19.1. The van der Waals surface area contributed by atoms with Crippen LogP contribution in [-0.2, 0) is 0 Å². The standard InChI is InChI=1S/C20H17FN2O/c1-13-6-7-15(14-8-10-16(21)11-9-14)12-17(13)20(24)23-19-5-3-2-4-18(19)22/h2-12H,22H2,1H3,(H,23,24). The SMILES string of the molecule is Cc1ccc(-c2ccc(F)cc2)cc1C(=O)Nc1ccccc1N. The lowest BCUT2D eigenvalue weighted by atomic mass is 9.99. The maximum Gasteiger partial charge on any atom is 0.256 e. The van der Waals surface area contributed by atoms with Gasteiger partial charge >= 0.3 is 0 Å². The molecule has 0 unspecified atom stereocenters. The summed E-state index contributed by atoms with van der Waals surface area (Å²) >= 11 is 0. The molecule has 0 spiro atoms. The number of carbonyl (C=O) groups is 1. The molecule has 0 saturated carbocycles. The second-order valence-electron chi connectivity index (χ2n) is 5.58. The summed E-state index contributed by atoms with van der Waals surface area (Å²) in [4.78, 5) is 12.6. The van der Waals surface area contributed by atoms with Crippen LogP contribution < -0.4 is 11.1 Å². The van der Waals surface area contributed by atoms with Crippen molar-refractivity contribution in [3.8, 4) is 11.1 Å². The van der Waals surface area contributed by atoms with E-state index >= 15 is 0 Å². The lowest BCUT2D eigenvalue weighted by Gasteiger charge is -2.11. The molecule has 0 aromatic heterocycles.